The molecule has 2 aliphatic carbocycles. The fraction of sp³-hybridized carbons (Fsp3) is 0.611. The maximum atomic E-state index is 12.6. The van der Waals surface area contributed by atoms with Crippen molar-refractivity contribution < 1.29 is 23.1 Å². The van der Waals surface area contributed by atoms with Crippen molar-refractivity contribution in [3.8, 4) is 5.75 Å². The van der Waals surface area contributed by atoms with Gasteiger partial charge in [0.2, 0.25) is 5.91 Å². The smallest absolute Gasteiger partial charge is 0.272 e. The summed E-state index contributed by atoms with van der Waals surface area (Å²) in [4.78, 5) is 28.2. The molecule has 0 aliphatic heterocycles. The Balaban J connectivity index is 1.77. The summed E-state index contributed by atoms with van der Waals surface area (Å²) in [6.45, 7) is 1.06. The number of primary amides is 1. The number of aromatic nitrogens is 1. The zero-order valence-electron chi connectivity index (χ0n) is 14.6. The maximum absolute atomic E-state index is 12.6. The molecular formula is C18H23F2N3O3. The Bertz CT molecular complexity index is 705. The minimum absolute atomic E-state index is 0.0400. The Labute approximate surface area is 150 Å². The number of carbonyl (C=O) groups excluding carboxylic acids is 2. The van der Waals surface area contributed by atoms with Crippen molar-refractivity contribution in [1.29, 1.82) is 0 Å². The van der Waals surface area contributed by atoms with Gasteiger partial charge < -0.3 is 15.8 Å². The predicted molar refractivity (Wildman–Crippen MR) is 90.1 cm³/mol. The van der Waals surface area contributed by atoms with E-state index in [0.29, 0.717) is 0 Å². The van der Waals surface area contributed by atoms with Crippen molar-refractivity contribution >= 4 is 11.8 Å². The van der Waals surface area contributed by atoms with Gasteiger partial charge in [0, 0.05) is 29.8 Å². The zero-order chi connectivity index (χ0) is 18.9. The van der Waals surface area contributed by atoms with Crippen LogP contribution in [0.3, 0.4) is 0 Å². The Morgan fingerprint density at radius 2 is 2.08 bits per heavy atom. The Morgan fingerprint density at radius 3 is 2.62 bits per heavy atom. The van der Waals surface area contributed by atoms with Crippen LogP contribution in [0.15, 0.2) is 12.3 Å². The molecule has 1 heterocycles. The Morgan fingerprint density at radius 1 is 1.38 bits per heavy atom. The SMILES string of the molecule is C[C@](CC(N)=O)(NC(=O)c1cc(OCC(F)F)c(C2CC2)cn1)C1CC1. The monoisotopic (exact) mass is 367 g/mol. The van der Waals surface area contributed by atoms with Crippen molar-refractivity contribution in [3.05, 3.63) is 23.5 Å². The summed E-state index contributed by atoms with van der Waals surface area (Å²) in [5.41, 5.74) is 5.41. The maximum Gasteiger partial charge on any atom is 0.272 e. The van der Waals surface area contributed by atoms with Gasteiger partial charge in [-0.25, -0.2) is 8.78 Å². The highest BCUT2D eigenvalue weighted by Gasteiger charge is 2.44. The number of nitrogens with one attached hydrogen (secondary N) is 1. The third kappa shape index (κ3) is 4.47. The van der Waals surface area contributed by atoms with E-state index in [9.17, 15) is 18.4 Å². The summed E-state index contributed by atoms with van der Waals surface area (Å²) >= 11 is 0. The predicted octanol–water partition coefficient (Wildman–Crippen LogP) is 2.38. The molecule has 1 aromatic rings. The number of amides is 2. The fourth-order valence-electron chi connectivity index (χ4n) is 3.25. The Kier molecular flexibility index (Phi) is 5.11. The molecule has 0 unspecified atom stereocenters. The molecule has 8 heteroatoms. The highest BCUT2D eigenvalue weighted by Crippen LogP contribution is 2.44. The third-order valence-electron chi connectivity index (χ3n) is 4.93. The number of hydrogen-bond acceptors (Lipinski definition) is 4. The number of hydrogen-bond donors (Lipinski definition) is 2. The zero-order valence-corrected chi connectivity index (χ0v) is 14.6. The topological polar surface area (TPSA) is 94.3 Å². The molecule has 142 valence electrons. The van der Waals surface area contributed by atoms with Gasteiger partial charge in [0.1, 0.15) is 18.1 Å². The van der Waals surface area contributed by atoms with Crippen LogP contribution in [0.4, 0.5) is 8.78 Å². The van der Waals surface area contributed by atoms with Crippen molar-refractivity contribution in [2.45, 2.75) is 56.9 Å². The third-order valence-corrected chi connectivity index (χ3v) is 4.93. The van der Waals surface area contributed by atoms with Gasteiger partial charge in [-0.05, 0) is 44.4 Å². The molecule has 2 saturated carbocycles. The molecule has 3 rings (SSSR count). The number of carbonyl (C=O) groups is 2. The lowest BCUT2D eigenvalue weighted by atomic mass is 9.91. The van der Waals surface area contributed by atoms with Crippen LogP contribution in [0.25, 0.3) is 0 Å². The lowest BCUT2D eigenvalue weighted by Crippen LogP contribution is -2.50. The molecular weight excluding hydrogens is 344 g/mol. The van der Waals surface area contributed by atoms with Gasteiger partial charge in [0.05, 0.1) is 0 Å². The van der Waals surface area contributed by atoms with E-state index >= 15 is 0 Å². The van der Waals surface area contributed by atoms with Crippen LogP contribution in [0.5, 0.6) is 5.75 Å². The molecule has 2 aliphatic rings. The van der Waals surface area contributed by atoms with Crippen LogP contribution >= 0.6 is 0 Å². The second-order valence-corrected chi connectivity index (χ2v) is 7.37. The van der Waals surface area contributed by atoms with Crippen molar-refractivity contribution in [1.82, 2.24) is 10.3 Å². The lowest BCUT2D eigenvalue weighted by Gasteiger charge is -2.29. The van der Waals surface area contributed by atoms with Crippen molar-refractivity contribution in [2.75, 3.05) is 6.61 Å². The molecule has 0 spiro atoms. The van der Waals surface area contributed by atoms with Crippen LogP contribution in [0, 0.1) is 5.92 Å². The van der Waals surface area contributed by atoms with E-state index in [-0.39, 0.29) is 29.7 Å². The summed E-state index contributed by atoms with van der Waals surface area (Å²) in [7, 11) is 0. The number of halogens is 2. The van der Waals surface area contributed by atoms with E-state index in [0.717, 1.165) is 31.2 Å². The summed E-state index contributed by atoms with van der Waals surface area (Å²) in [5, 5.41) is 2.85. The van der Waals surface area contributed by atoms with E-state index in [4.69, 9.17) is 10.5 Å². The standard InChI is InChI=1S/C18H23F2N3O3/c1-18(7-16(21)24,11-4-5-11)23-17(25)13-6-14(26-9-15(19)20)12(8-22-13)10-2-3-10/h6,8,10-11,15H,2-5,7,9H2,1H3,(H2,21,24)(H,23,25)/t18-/m1/s1. The highest BCUT2D eigenvalue weighted by atomic mass is 19.3. The fourth-order valence-corrected chi connectivity index (χ4v) is 3.25. The summed E-state index contributed by atoms with van der Waals surface area (Å²) in [6.07, 6.45) is 2.71. The van der Waals surface area contributed by atoms with Gasteiger partial charge in [-0.3, -0.25) is 14.6 Å². The average molecular weight is 367 g/mol. The highest BCUT2D eigenvalue weighted by molar-refractivity contribution is 5.93. The first-order valence-corrected chi connectivity index (χ1v) is 8.80. The van der Waals surface area contributed by atoms with E-state index in [1.54, 1.807) is 6.92 Å². The van der Waals surface area contributed by atoms with Crippen LogP contribution in [0.1, 0.15) is 61.0 Å². The molecule has 3 N–H and O–H groups in total. The molecule has 0 saturated heterocycles. The molecule has 0 radical (unpaired) electrons. The average Bonchev–Trinajstić information content (AvgIpc) is 3.44. The Hall–Kier alpha value is -2.25. The molecule has 1 atom stereocenters. The molecule has 2 fully saturated rings. The number of rotatable bonds is 9. The largest absolute Gasteiger partial charge is 0.487 e. The van der Waals surface area contributed by atoms with Gasteiger partial charge in [-0.2, -0.15) is 0 Å². The lowest BCUT2D eigenvalue weighted by molar-refractivity contribution is -0.119. The van der Waals surface area contributed by atoms with Crippen LogP contribution in [-0.2, 0) is 4.79 Å². The number of nitrogens with zero attached hydrogens (tertiary/aromatic N) is 1. The number of pyridine rings is 1. The summed E-state index contributed by atoms with van der Waals surface area (Å²) < 4.78 is 30.2. The van der Waals surface area contributed by atoms with E-state index in [1.165, 1.54) is 12.3 Å². The van der Waals surface area contributed by atoms with Crippen LogP contribution < -0.4 is 15.8 Å². The minimum atomic E-state index is -2.60. The van der Waals surface area contributed by atoms with E-state index in [1.807, 2.05) is 0 Å². The number of ether oxygens (including phenoxy) is 1. The molecule has 0 bridgehead atoms. The first kappa shape index (κ1) is 18.5. The van der Waals surface area contributed by atoms with E-state index in [2.05, 4.69) is 10.3 Å². The van der Waals surface area contributed by atoms with Crippen molar-refractivity contribution in [3.63, 3.8) is 0 Å². The van der Waals surface area contributed by atoms with Gasteiger partial charge in [-0.15, -0.1) is 0 Å². The molecule has 0 aromatic carbocycles. The summed E-state index contributed by atoms with van der Waals surface area (Å²) in [5.74, 6) is -0.239. The van der Waals surface area contributed by atoms with Gasteiger partial charge in [0.25, 0.3) is 12.3 Å². The van der Waals surface area contributed by atoms with Gasteiger partial charge in [-0.1, -0.05) is 0 Å². The quantitative estimate of drug-likeness (QED) is 0.701. The van der Waals surface area contributed by atoms with Crippen molar-refractivity contribution in [2.24, 2.45) is 11.7 Å². The van der Waals surface area contributed by atoms with Gasteiger partial charge >= 0.3 is 0 Å². The first-order valence-electron chi connectivity index (χ1n) is 8.80. The second kappa shape index (κ2) is 7.17. The molecule has 6 nitrogen and oxygen atoms in total. The molecule has 26 heavy (non-hydrogen) atoms. The second-order valence-electron chi connectivity index (χ2n) is 7.37. The summed E-state index contributed by atoms with van der Waals surface area (Å²) in [6, 6.07) is 1.41. The number of alkyl halides is 2. The molecule has 2 amide bonds. The first-order chi connectivity index (χ1) is 12.3. The molecule has 1 aromatic heterocycles. The van der Waals surface area contributed by atoms with Gasteiger partial charge in [0.15, 0.2) is 0 Å². The minimum Gasteiger partial charge on any atom is -0.487 e. The van der Waals surface area contributed by atoms with E-state index < -0.39 is 30.4 Å². The number of nitrogens with two attached hydrogens (primary N) is 1. The normalized spacial score (nSPS) is 19.1. The van der Waals surface area contributed by atoms with Crippen LogP contribution in [-0.4, -0.2) is 35.4 Å². The van der Waals surface area contributed by atoms with Crippen LogP contribution in [0.2, 0.25) is 0 Å².